The third-order valence-corrected chi connectivity index (χ3v) is 1.39. The number of nitrogens with zero attached hydrogens (tertiary/aromatic N) is 3. The number of aromatic nitrogens is 2. The van der Waals surface area contributed by atoms with Crippen molar-refractivity contribution in [1.29, 1.82) is 5.26 Å². The summed E-state index contributed by atoms with van der Waals surface area (Å²) in [6.07, 6.45) is -3.10. The summed E-state index contributed by atoms with van der Waals surface area (Å²) >= 11 is 0. The maximum Gasteiger partial charge on any atom is 0.408 e. The zero-order valence-corrected chi connectivity index (χ0v) is 8.76. The van der Waals surface area contributed by atoms with E-state index >= 15 is 0 Å². The molecular weight excluding hydrogens is 207 g/mol. The number of aryl methyl sites for hydroxylation is 1. The standard InChI is InChI=1S/C7H6F3N3.C2H6/c1-5-3-13(4-7(8,9)10)12-6(5)2-11;1-2/h3H,4H2,1H3;1-2H3. The normalized spacial score (nSPS) is 10.2. The van der Waals surface area contributed by atoms with Crippen LogP contribution < -0.4 is 0 Å². The number of hydrogen-bond donors (Lipinski definition) is 0. The maximum absolute atomic E-state index is 11.8. The molecule has 0 aliphatic carbocycles. The molecule has 0 fully saturated rings. The van der Waals surface area contributed by atoms with Crippen LogP contribution in [0.15, 0.2) is 6.20 Å². The smallest absolute Gasteiger partial charge is 0.262 e. The molecule has 0 aromatic carbocycles. The lowest BCUT2D eigenvalue weighted by Gasteiger charge is -2.04. The zero-order valence-electron chi connectivity index (χ0n) is 8.76. The van der Waals surface area contributed by atoms with E-state index in [-0.39, 0.29) is 5.69 Å². The van der Waals surface area contributed by atoms with Gasteiger partial charge in [0.2, 0.25) is 0 Å². The Hall–Kier alpha value is -1.51. The van der Waals surface area contributed by atoms with Crippen molar-refractivity contribution < 1.29 is 13.2 Å². The van der Waals surface area contributed by atoms with E-state index in [0.717, 1.165) is 0 Å². The highest BCUT2D eigenvalue weighted by molar-refractivity contribution is 5.27. The molecule has 1 aromatic heterocycles. The Morgan fingerprint density at radius 1 is 1.47 bits per heavy atom. The van der Waals surface area contributed by atoms with Crippen LogP contribution in [0.4, 0.5) is 13.2 Å². The molecule has 0 saturated carbocycles. The van der Waals surface area contributed by atoms with Crippen molar-refractivity contribution in [1.82, 2.24) is 9.78 Å². The number of halogens is 3. The lowest BCUT2D eigenvalue weighted by molar-refractivity contribution is -0.142. The molecule has 0 amide bonds. The van der Waals surface area contributed by atoms with Crippen LogP contribution in [0.5, 0.6) is 0 Å². The molecule has 0 N–H and O–H groups in total. The van der Waals surface area contributed by atoms with Gasteiger partial charge in [0.1, 0.15) is 12.6 Å². The Bertz CT molecular complexity index is 346. The van der Waals surface area contributed by atoms with Crippen LogP contribution in [0.25, 0.3) is 0 Å². The maximum atomic E-state index is 11.8. The van der Waals surface area contributed by atoms with Crippen molar-refractivity contribution in [2.24, 2.45) is 0 Å². The van der Waals surface area contributed by atoms with Crippen LogP contribution in [-0.2, 0) is 6.54 Å². The van der Waals surface area contributed by atoms with Crippen molar-refractivity contribution in [3.8, 4) is 6.07 Å². The fourth-order valence-corrected chi connectivity index (χ4v) is 0.896. The minimum Gasteiger partial charge on any atom is -0.262 e. The van der Waals surface area contributed by atoms with Crippen molar-refractivity contribution in [2.45, 2.75) is 33.5 Å². The average Bonchev–Trinajstić information content (AvgIpc) is 2.46. The lowest BCUT2D eigenvalue weighted by Crippen LogP contribution is -2.18. The van der Waals surface area contributed by atoms with Gasteiger partial charge >= 0.3 is 6.18 Å². The van der Waals surface area contributed by atoms with E-state index in [9.17, 15) is 13.2 Å². The molecule has 1 heterocycles. The Labute approximate surface area is 86.1 Å². The third-order valence-electron chi connectivity index (χ3n) is 1.39. The van der Waals surface area contributed by atoms with E-state index in [2.05, 4.69) is 5.10 Å². The minimum absolute atomic E-state index is 0.0317. The topological polar surface area (TPSA) is 41.6 Å². The molecule has 0 bridgehead atoms. The van der Waals surface area contributed by atoms with Crippen LogP contribution in [0.1, 0.15) is 25.1 Å². The van der Waals surface area contributed by atoms with Crippen molar-refractivity contribution >= 4 is 0 Å². The molecule has 1 rings (SSSR count). The van der Waals surface area contributed by atoms with Crippen molar-refractivity contribution in [3.05, 3.63) is 17.5 Å². The summed E-state index contributed by atoms with van der Waals surface area (Å²) in [4.78, 5) is 0. The first-order valence-electron chi connectivity index (χ1n) is 4.43. The van der Waals surface area contributed by atoms with Crippen molar-refractivity contribution in [3.63, 3.8) is 0 Å². The molecule has 15 heavy (non-hydrogen) atoms. The second kappa shape index (κ2) is 5.39. The molecule has 3 nitrogen and oxygen atoms in total. The Kier molecular flexibility index (Phi) is 4.85. The first kappa shape index (κ1) is 13.5. The third kappa shape index (κ3) is 4.49. The second-order valence-electron chi connectivity index (χ2n) is 2.59. The van der Waals surface area contributed by atoms with Gasteiger partial charge in [-0.05, 0) is 6.92 Å². The van der Waals surface area contributed by atoms with Gasteiger partial charge in [-0.3, -0.25) is 4.68 Å². The van der Waals surface area contributed by atoms with Gasteiger partial charge in [0.15, 0.2) is 5.69 Å². The fraction of sp³-hybridized carbons (Fsp3) is 0.556. The number of rotatable bonds is 1. The summed E-state index contributed by atoms with van der Waals surface area (Å²) in [5, 5.41) is 11.9. The van der Waals surface area contributed by atoms with Gasteiger partial charge in [-0.2, -0.15) is 23.5 Å². The van der Waals surface area contributed by atoms with Crippen LogP contribution in [0, 0.1) is 18.3 Å². The van der Waals surface area contributed by atoms with Gasteiger partial charge in [0.05, 0.1) is 0 Å². The highest BCUT2D eigenvalue weighted by Crippen LogP contribution is 2.17. The summed E-state index contributed by atoms with van der Waals surface area (Å²) in [7, 11) is 0. The van der Waals surface area contributed by atoms with Gasteiger partial charge < -0.3 is 0 Å². The Morgan fingerprint density at radius 2 is 2.00 bits per heavy atom. The summed E-state index contributed by atoms with van der Waals surface area (Å²) in [5.41, 5.74) is 0.482. The summed E-state index contributed by atoms with van der Waals surface area (Å²) in [6.45, 7) is 4.38. The van der Waals surface area contributed by atoms with E-state index in [4.69, 9.17) is 5.26 Å². The highest BCUT2D eigenvalue weighted by atomic mass is 19.4. The van der Waals surface area contributed by atoms with E-state index in [1.165, 1.54) is 6.20 Å². The molecule has 0 unspecified atom stereocenters. The second-order valence-corrected chi connectivity index (χ2v) is 2.59. The number of alkyl halides is 3. The quantitative estimate of drug-likeness (QED) is 0.728. The van der Waals surface area contributed by atoms with Gasteiger partial charge in [0, 0.05) is 11.8 Å². The molecule has 6 heteroatoms. The molecule has 0 spiro atoms. The Morgan fingerprint density at radius 3 is 2.33 bits per heavy atom. The first-order chi connectivity index (χ1) is 6.92. The molecule has 0 saturated heterocycles. The molecule has 0 radical (unpaired) electrons. The molecular formula is C9H12F3N3. The number of nitriles is 1. The lowest BCUT2D eigenvalue weighted by atomic mass is 10.3. The SMILES string of the molecule is CC.Cc1cn(CC(F)(F)F)nc1C#N. The first-order valence-corrected chi connectivity index (χ1v) is 4.43. The van der Waals surface area contributed by atoms with Gasteiger partial charge in [-0.25, -0.2) is 0 Å². The van der Waals surface area contributed by atoms with E-state index in [1.54, 1.807) is 13.0 Å². The molecule has 84 valence electrons. The van der Waals surface area contributed by atoms with Crippen LogP contribution in [-0.4, -0.2) is 16.0 Å². The van der Waals surface area contributed by atoms with E-state index < -0.39 is 12.7 Å². The van der Waals surface area contributed by atoms with Gasteiger partial charge in [-0.1, -0.05) is 13.8 Å². The zero-order chi connectivity index (χ0) is 12.1. The molecule has 1 aromatic rings. The molecule has 0 atom stereocenters. The predicted octanol–water partition coefficient (Wildman–Crippen LogP) is 2.65. The average molecular weight is 219 g/mol. The minimum atomic E-state index is -4.30. The van der Waals surface area contributed by atoms with Gasteiger partial charge in [-0.15, -0.1) is 0 Å². The van der Waals surface area contributed by atoms with E-state index in [1.807, 2.05) is 13.8 Å². The number of hydrogen-bond acceptors (Lipinski definition) is 2. The largest absolute Gasteiger partial charge is 0.408 e. The van der Waals surface area contributed by atoms with E-state index in [0.29, 0.717) is 10.2 Å². The van der Waals surface area contributed by atoms with Crippen LogP contribution in [0.2, 0.25) is 0 Å². The fourth-order valence-electron chi connectivity index (χ4n) is 0.896. The molecule has 0 aliphatic rings. The summed E-state index contributed by atoms with van der Waals surface area (Å²) in [5.74, 6) is 0. The predicted molar refractivity (Wildman–Crippen MR) is 49.1 cm³/mol. The van der Waals surface area contributed by atoms with Crippen LogP contribution >= 0.6 is 0 Å². The summed E-state index contributed by atoms with van der Waals surface area (Å²) < 4.78 is 36.2. The highest BCUT2D eigenvalue weighted by Gasteiger charge is 2.28. The Balaban J connectivity index is 0.000000921. The van der Waals surface area contributed by atoms with Crippen LogP contribution in [0.3, 0.4) is 0 Å². The van der Waals surface area contributed by atoms with Gasteiger partial charge in [0.25, 0.3) is 0 Å². The summed E-state index contributed by atoms with van der Waals surface area (Å²) in [6, 6.07) is 1.70. The monoisotopic (exact) mass is 219 g/mol. The molecule has 0 aliphatic heterocycles. The van der Waals surface area contributed by atoms with Crippen molar-refractivity contribution in [2.75, 3.05) is 0 Å².